The van der Waals surface area contributed by atoms with Crippen LogP contribution in [-0.2, 0) is 30.7 Å². The van der Waals surface area contributed by atoms with Crippen molar-refractivity contribution in [3.8, 4) is 0 Å². The van der Waals surface area contributed by atoms with Gasteiger partial charge < -0.3 is 10.1 Å². The third-order valence-electron chi connectivity index (χ3n) is 4.29. The van der Waals surface area contributed by atoms with E-state index in [9.17, 15) is 0 Å². The van der Waals surface area contributed by atoms with Crippen LogP contribution in [0.4, 0.5) is 0 Å². The number of nitrogens with one attached hydrogen (secondary N) is 1. The highest BCUT2D eigenvalue weighted by molar-refractivity contribution is 7.12. The van der Waals surface area contributed by atoms with Gasteiger partial charge in [-0.15, -0.1) is 11.3 Å². The number of aryl methyl sites for hydroxylation is 2. The van der Waals surface area contributed by atoms with E-state index in [2.05, 4.69) is 35.6 Å². The lowest BCUT2D eigenvalue weighted by Crippen LogP contribution is -2.29. The molecule has 2 heterocycles. The Morgan fingerprint density at radius 1 is 1.20 bits per heavy atom. The molecule has 0 spiro atoms. The van der Waals surface area contributed by atoms with Gasteiger partial charge in [-0.1, -0.05) is 24.3 Å². The second-order valence-electron chi connectivity index (χ2n) is 5.66. The van der Waals surface area contributed by atoms with Crippen molar-refractivity contribution >= 4 is 11.3 Å². The first-order valence-electron chi connectivity index (χ1n) is 7.39. The van der Waals surface area contributed by atoms with E-state index in [0.29, 0.717) is 6.04 Å². The molecule has 1 aliphatic heterocycles. The van der Waals surface area contributed by atoms with Crippen molar-refractivity contribution < 1.29 is 4.74 Å². The first kappa shape index (κ1) is 12.6. The average Bonchev–Trinajstić information content (AvgIpc) is 3.06. The number of rotatable bonds is 3. The third kappa shape index (κ3) is 2.30. The van der Waals surface area contributed by atoms with E-state index in [4.69, 9.17) is 4.74 Å². The Morgan fingerprint density at radius 2 is 2.15 bits per heavy atom. The molecule has 1 aliphatic carbocycles. The maximum atomic E-state index is 5.70. The molecule has 1 N–H and O–H groups in total. The number of hydrogen-bond donors (Lipinski definition) is 1. The van der Waals surface area contributed by atoms with Crippen LogP contribution in [0.25, 0.3) is 0 Å². The summed E-state index contributed by atoms with van der Waals surface area (Å²) in [6.45, 7) is 2.49. The van der Waals surface area contributed by atoms with Gasteiger partial charge in [-0.05, 0) is 42.0 Å². The van der Waals surface area contributed by atoms with E-state index in [1.807, 2.05) is 11.3 Å². The number of fused-ring (bicyclic) bond motifs is 2. The van der Waals surface area contributed by atoms with Crippen LogP contribution in [0.3, 0.4) is 0 Å². The Balaban J connectivity index is 1.47. The van der Waals surface area contributed by atoms with Crippen molar-refractivity contribution in [2.45, 2.75) is 38.5 Å². The normalized spacial score (nSPS) is 20.7. The van der Waals surface area contributed by atoms with Crippen LogP contribution in [-0.4, -0.2) is 6.61 Å². The van der Waals surface area contributed by atoms with Gasteiger partial charge in [0.2, 0.25) is 0 Å². The summed E-state index contributed by atoms with van der Waals surface area (Å²) in [5, 5.41) is 3.67. The summed E-state index contributed by atoms with van der Waals surface area (Å²) in [4.78, 5) is 3.08. The highest BCUT2D eigenvalue weighted by atomic mass is 32.1. The molecule has 2 aromatic rings. The standard InChI is InChI=1S/C17H19NOS/c1-2-6-15-13(4-1)10-19-11-16(15)18-9-14-8-12-5-3-7-17(12)20-14/h1-2,4,6,8,16,18H,3,5,7,9-11H2. The van der Waals surface area contributed by atoms with Crippen LogP contribution in [0.1, 0.15) is 38.9 Å². The second kappa shape index (κ2) is 5.32. The minimum Gasteiger partial charge on any atom is -0.375 e. The molecule has 1 aromatic heterocycles. The molecule has 1 unspecified atom stereocenters. The Morgan fingerprint density at radius 3 is 3.10 bits per heavy atom. The van der Waals surface area contributed by atoms with Gasteiger partial charge in [0.25, 0.3) is 0 Å². The second-order valence-corrected chi connectivity index (χ2v) is 6.88. The first-order valence-corrected chi connectivity index (χ1v) is 8.21. The zero-order chi connectivity index (χ0) is 13.4. The van der Waals surface area contributed by atoms with E-state index in [1.165, 1.54) is 35.3 Å². The summed E-state index contributed by atoms with van der Waals surface area (Å²) in [5.41, 5.74) is 4.32. The van der Waals surface area contributed by atoms with Gasteiger partial charge in [-0.2, -0.15) is 0 Å². The largest absolute Gasteiger partial charge is 0.375 e. The van der Waals surface area contributed by atoms with E-state index < -0.39 is 0 Å². The smallest absolute Gasteiger partial charge is 0.0721 e. The molecule has 104 valence electrons. The molecule has 2 aliphatic rings. The Hall–Kier alpha value is -1.16. The van der Waals surface area contributed by atoms with Crippen molar-refractivity contribution in [1.29, 1.82) is 0 Å². The van der Waals surface area contributed by atoms with Crippen LogP contribution < -0.4 is 5.32 Å². The SMILES string of the molecule is c1ccc2c(c1)COCC2NCc1cc2c(s1)CCC2. The highest BCUT2D eigenvalue weighted by Crippen LogP contribution is 2.31. The first-order chi connectivity index (χ1) is 9.90. The van der Waals surface area contributed by atoms with Gasteiger partial charge in [0.05, 0.1) is 19.3 Å². The maximum absolute atomic E-state index is 5.70. The minimum absolute atomic E-state index is 0.330. The fraction of sp³-hybridized carbons (Fsp3) is 0.412. The van der Waals surface area contributed by atoms with Crippen molar-refractivity contribution in [1.82, 2.24) is 5.32 Å². The molecule has 0 amide bonds. The monoisotopic (exact) mass is 285 g/mol. The molecule has 2 nitrogen and oxygen atoms in total. The van der Waals surface area contributed by atoms with Gasteiger partial charge in [0.15, 0.2) is 0 Å². The van der Waals surface area contributed by atoms with Crippen molar-refractivity contribution in [3.05, 3.63) is 56.8 Å². The Labute approximate surface area is 123 Å². The van der Waals surface area contributed by atoms with Crippen molar-refractivity contribution in [3.63, 3.8) is 0 Å². The topological polar surface area (TPSA) is 21.3 Å². The fourth-order valence-electron chi connectivity index (χ4n) is 3.25. The molecular weight excluding hydrogens is 266 g/mol. The fourth-order valence-corrected chi connectivity index (χ4v) is 4.46. The van der Waals surface area contributed by atoms with Gasteiger partial charge in [-0.25, -0.2) is 0 Å². The molecule has 0 fully saturated rings. The molecule has 0 saturated heterocycles. The zero-order valence-corrected chi connectivity index (χ0v) is 12.3. The van der Waals surface area contributed by atoms with E-state index in [-0.39, 0.29) is 0 Å². The third-order valence-corrected chi connectivity index (χ3v) is 5.53. The summed E-state index contributed by atoms with van der Waals surface area (Å²) in [6.07, 6.45) is 3.91. The number of thiophene rings is 1. The molecule has 4 rings (SSSR count). The molecule has 1 atom stereocenters. The van der Waals surface area contributed by atoms with Gasteiger partial charge >= 0.3 is 0 Å². The average molecular weight is 285 g/mol. The summed E-state index contributed by atoms with van der Waals surface area (Å²) < 4.78 is 5.70. The van der Waals surface area contributed by atoms with Crippen LogP contribution in [0, 0.1) is 0 Å². The molecule has 20 heavy (non-hydrogen) atoms. The predicted molar refractivity (Wildman–Crippen MR) is 82.0 cm³/mol. The number of benzene rings is 1. The molecule has 1 aromatic carbocycles. The molecule has 0 bridgehead atoms. The van der Waals surface area contributed by atoms with Crippen molar-refractivity contribution in [2.75, 3.05) is 6.61 Å². The summed E-state index contributed by atoms with van der Waals surface area (Å²) >= 11 is 1.99. The Bertz CT molecular complexity index is 598. The van der Waals surface area contributed by atoms with Crippen LogP contribution in [0.15, 0.2) is 30.3 Å². The van der Waals surface area contributed by atoms with Crippen molar-refractivity contribution in [2.24, 2.45) is 0 Å². The lowest BCUT2D eigenvalue weighted by atomic mass is 9.99. The minimum atomic E-state index is 0.330. The predicted octanol–water partition coefficient (Wildman–Crippen LogP) is 3.60. The quantitative estimate of drug-likeness (QED) is 0.930. The van der Waals surface area contributed by atoms with E-state index in [1.54, 1.807) is 10.4 Å². The highest BCUT2D eigenvalue weighted by Gasteiger charge is 2.20. The molecule has 0 radical (unpaired) electrons. The van der Waals surface area contributed by atoms with Gasteiger partial charge in [0.1, 0.15) is 0 Å². The summed E-state index contributed by atoms with van der Waals surface area (Å²) in [6, 6.07) is 11.3. The lowest BCUT2D eigenvalue weighted by Gasteiger charge is -2.26. The van der Waals surface area contributed by atoms with E-state index in [0.717, 1.165) is 19.8 Å². The lowest BCUT2D eigenvalue weighted by molar-refractivity contribution is 0.0817. The molecule has 3 heteroatoms. The molecular formula is C17H19NOS. The van der Waals surface area contributed by atoms with Crippen LogP contribution in [0.5, 0.6) is 0 Å². The molecule has 0 saturated carbocycles. The Kier molecular flexibility index (Phi) is 3.34. The van der Waals surface area contributed by atoms with E-state index >= 15 is 0 Å². The zero-order valence-electron chi connectivity index (χ0n) is 11.5. The van der Waals surface area contributed by atoms with Crippen LogP contribution >= 0.6 is 11.3 Å². The van der Waals surface area contributed by atoms with Gasteiger partial charge in [0, 0.05) is 16.3 Å². The number of ether oxygens (including phenoxy) is 1. The number of hydrogen-bond acceptors (Lipinski definition) is 3. The maximum Gasteiger partial charge on any atom is 0.0721 e. The van der Waals surface area contributed by atoms with Gasteiger partial charge in [-0.3, -0.25) is 0 Å². The summed E-state index contributed by atoms with van der Waals surface area (Å²) in [5.74, 6) is 0. The summed E-state index contributed by atoms with van der Waals surface area (Å²) in [7, 11) is 0. The van der Waals surface area contributed by atoms with Crippen LogP contribution in [0.2, 0.25) is 0 Å².